The molecule has 2 N–H and O–H groups in total. The van der Waals surface area contributed by atoms with Gasteiger partial charge in [-0.25, -0.2) is 13.2 Å². The van der Waals surface area contributed by atoms with Gasteiger partial charge in [-0.05, 0) is 31.9 Å². The third kappa shape index (κ3) is 5.76. The monoisotopic (exact) mass is 361 g/mol. The highest BCUT2D eigenvalue weighted by molar-refractivity contribution is 7.92. The van der Waals surface area contributed by atoms with E-state index in [1.807, 2.05) is 0 Å². The number of alkyl halides is 1. The van der Waals surface area contributed by atoms with Crippen LogP contribution in [0.4, 0.5) is 5.69 Å². The number of aromatic carboxylic acids is 1. The van der Waals surface area contributed by atoms with Gasteiger partial charge in [0, 0.05) is 11.4 Å². The van der Waals surface area contributed by atoms with Crippen molar-refractivity contribution in [3.8, 4) is 5.75 Å². The molecule has 8 heteroatoms. The molecule has 0 aliphatic carbocycles. The number of anilines is 1. The Kier molecular flexibility index (Phi) is 7.38. The number of ether oxygens (including phenoxy) is 1. The van der Waals surface area contributed by atoms with Crippen LogP contribution in [0.1, 0.15) is 35.7 Å². The first-order valence-electron chi connectivity index (χ1n) is 6.99. The first kappa shape index (κ1) is 19.3. The fraction of sp³-hybridized carbons (Fsp3) is 0.400. The molecule has 0 unspecified atom stereocenters. The zero-order valence-corrected chi connectivity index (χ0v) is 14.6. The molecule has 23 heavy (non-hydrogen) atoms. The Morgan fingerprint density at radius 1 is 1.39 bits per heavy atom. The van der Waals surface area contributed by atoms with E-state index in [-0.39, 0.29) is 22.8 Å². The quantitative estimate of drug-likeness (QED) is 0.520. The Hall–Kier alpha value is -1.73. The van der Waals surface area contributed by atoms with E-state index < -0.39 is 16.0 Å². The number of benzene rings is 1. The lowest BCUT2D eigenvalue weighted by molar-refractivity contribution is 0.0697. The third-order valence-corrected chi connectivity index (χ3v) is 4.60. The number of halogens is 1. The summed E-state index contributed by atoms with van der Waals surface area (Å²) in [6, 6.07) is 2.67. The topological polar surface area (TPSA) is 92.7 Å². The van der Waals surface area contributed by atoms with Crippen LogP contribution in [0, 0.1) is 0 Å². The van der Waals surface area contributed by atoms with Crippen LogP contribution in [-0.2, 0) is 10.0 Å². The molecule has 0 bridgehead atoms. The van der Waals surface area contributed by atoms with Crippen molar-refractivity contribution >= 4 is 39.4 Å². The molecule has 0 amide bonds. The van der Waals surface area contributed by atoms with Gasteiger partial charge in [-0.15, -0.1) is 11.6 Å². The largest absolute Gasteiger partial charge is 0.494 e. The minimum absolute atomic E-state index is 0.0302. The molecule has 0 aromatic heterocycles. The molecular formula is C15H20ClNO5S. The highest BCUT2D eigenvalue weighted by atomic mass is 35.5. The van der Waals surface area contributed by atoms with Crippen LogP contribution in [0.3, 0.4) is 0 Å². The van der Waals surface area contributed by atoms with Gasteiger partial charge in [-0.1, -0.05) is 12.2 Å². The van der Waals surface area contributed by atoms with Gasteiger partial charge < -0.3 is 9.84 Å². The molecule has 0 aliphatic rings. The number of allylic oxidation sites excluding steroid dienone is 1. The molecule has 0 aliphatic heterocycles. The second-order valence-electron chi connectivity index (χ2n) is 4.77. The summed E-state index contributed by atoms with van der Waals surface area (Å²) in [6.07, 6.45) is 4.36. The van der Waals surface area contributed by atoms with Gasteiger partial charge in [0.25, 0.3) is 0 Å². The Morgan fingerprint density at radius 3 is 2.61 bits per heavy atom. The standard InChI is InChI=1S/C15H20ClNO5S/c1-3-6-11-9-12(15(18)19)10-13(14(11)22-2)17-23(20,21)8-5-4-7-16/h3,6,9-10,17H,4-5,7-8H2,1-2H3,(H,18,19). The average Bonchev–Trinajstić information content (AvgIpc) is 2.47. The summed E-state index contributed by atoms with van der Waals surface area (Å²) < 4.78 is 31.9. The minimum Gasteiger partial charge on any atom is -0.494 e. The summed E-state index contributed by atoms with van der Waals surface area (Å²) in [6.45, 7) is 1.77. The normalized spacial score (nSPS) is 11.6. The zero-order chi connectivity index (χ0) is 17.5. The molecule has 6 nitrogen and oxygen atoms in total. The van der Waals surface area contributed by atoms with Crippen LogP contribution in [0.2, 0.25) is 0 Å². The van der Waals surface area contributed by atoms with E-state index in [0.717, 1.165) is 0 Å². The minimum atomic E-state index is -3.62. The fourth-order valence-electron chi connectivity index (χ4n) is 1.99. The van der Waals surface area contributed by atoms with Gasteiger partial charge in [0.1, 0.15) is 5.75 Å². The number of sulfonamides is 1. The van der Waals surface area contributed by atoms with Gasteiger partial charge in [0.2, 0.25) is 10.0 Å². The van der Waals surface area contributed by atoms with Crippen LogP contribution in [0.15, 0.2) is 18.2 Å². The molecule has 1 rings (SSSR count). The summed E-state index contributed by atoms with van der Waals surface area (Å²) >= 11 is 5.54. The number of hydrogen-bond donors (Lipinski definition) is 2. The van der Waals surface area contributed by atoms with Gasteiger partial charge in [0.15, 0.2) is 0 Å². The second-order valence-corrected chi connectivity index (χ2v) is 6.99. The summed E-state index contributed by atoms with van der Waals surface area (Å²) in [7, 11) is -2.22. The first-order valence-corrected chi connectivity index (χ1v) is 9.17. The van der Waals surface area contributed by atoms with E-state index in [2.05, 4.69) is 4.72 Å². The zero-order valence-electron chi connectivity index (χ0n) is 13.0. The molecule has 0 atom stereocenters. The van der Waals surface area contributed by atoms with E-state index >= 15 is 0 Å². The number of carbonyl (C=O) groups is 1. The number of nitrogens with one attached hydrogen (secondary N) is 1. The summed E-state index contributed by atoms with van der Waals surface area (Å²) in [5.74, 6) is -0.590. The van der Waals surface area contributed by atoms with Crippen molar-refractivity contribution in [3.05, 3.63) is 29.3 Å². The SMILES string of the molecule is CC=Cc1cc(C(=O)O)cc(NS(=O)(=O)CCCCCl)c1OC. The molecule has 0 spiro atoms. The van der Waals surface area contributed by atoms with Crippen molar-refractivity contribution in [3.63, 3.8) is 0 Å². The van der Waals surface area contributed by atoms with Crippen LogP contribution in [-0.4, -0.2) is 38.2 Å². The smallest absolute Gasteiger partial charge is 0.335 e. The molecule has 0 saturated carbocycles. The van der Waals surface area contributed by atoms with Crippen molar-refractivity contribution in [2.75, 3.05) is 23.5 Å². The number of methoxy groups -OCH3 is 1. The van der Waals surface area contributed by atoms with E-state index in [9.17, 15) is 18.3 Å². The van der Waals surface area contributed by atoms with Gasteiger partial charge in [-0.3, -0.25) is 4.72 Å². The number of carboxylic acid groups (broad SMARTS) is 1. The van der Waals surface area contributed by atoms with Crippen molar-refractivity contribution < 1.29 is 23.1 Å². The maximum atomic E-state index is 12.1. The first-order chi connectivity index (χ1) is 10.8. The lowest BCUT2D eigenvalue weighted by Crippen LogP contribution is -2.18. The highest BCUT2D eigenvalue weighted by Crippen LogP contribution is 2.32. The van der Waals surface area contributed by atoms with Gasteiger partial charge in [-0.2, -0.15) is 0 Å². The lowest BCUT2D eigenvalue weighted by Gasteiger charge is -2.15. The fourth-order valence-corrected chi connectivity index (χ4v) is 3.35. The number of carboxylic acids is 1. The van der Waals surface area contributed by atoms with Crippen LogP contribution < -0.4 is 9.46 Å². The van der Waals surface area contributed by atoms with E-state index in [0.29, 0.717) is 24.3 Å². The molecule has 0 radical (unpaired) electrons. The van der Waals surface area contributed by atoms with E-state index in [4.69, 9.17) is 16.3 Å². The predicted molar refractivity (Wildman–Crippen MR) is 92.0 cm³/mol. The number of hydrogen-bond acceptors (Lipinski definition) is 4. The molecule has 128 valence electrons. The maximum Gasteiger partial charge on any atom is 0.335 e. The summed E-state index contributed by atoms with van der Waals surface area (Å²) in [5.41, 5.74) is 0.553. The van der Waals surface area contributed by atoms with Crippen LogP contribution in [0.5, 0.6) is 5.75 Å². The molecule has 0 fully saturated rings. The third-order valence-electron chi connectivity index (χ3n) is 2.98. The maximum absolute atomic E-state index is 12.1. The van der Waals surface area contributed by atoms with Crippen molar-refractivity contribution in [1.29, 1.82) is 0 Å². The number of unbranched alkanes of at least 4 members (excludes halogenated alkanes) is 1. The van der Waals surface area contributed by atoms with Crippen LogP contribution in [0.25, 0.3) is 6.08 Å². The molecule has 1 aromatic carbocycles. The number of rotatable bonds is 9. The summed E-state index contributed by atoms with van der Waals surface area (Å²) in [5, 5.41) is 9.18. The molecule has 0 saturated heterocycles. The predicted octanol–water partition coefficient (Wildman–Crippen LogP) is 3.19. The Morgan fingerprint density at radius 2 is 2.09 bits per heavy atom. The van der Waals surface area contributed by atoms with Crippen molar-refractivity contribution in [2.45, 2.75) is 19.8 Å². The Labute approximate surface area is 141 Å². The summed E-state index contributed by atoms with van der Waals surface area (Å²) in [4.78, 5) is 11.2. The molecular weight excluding hydrogens is 342 g/mol. The molecule has 1 aromatic rings. The van der Waals surface area contributed by atoms with Crippen molar-refractivity contribution in [2.24, 2.45) is 0 Å². The van der Waals surface area contributed by atoms with Gasteiger partial charge in [0.05, 0.1) is 24.1 Å². The Bertz CT molecular complexity index is 685. The second kappa shape index (κ2) is 8.79. The lowest BCUT2D eigenvalue weighted by atomic mass is 10.1. The van der Waals surface area contributed by atoms with E-state index in [1.54, 1.807) is 19.1 Å². The van der Waals surface area contributed by atoms with Crippen molar-refractivity contribution in [1.82, 2.24) is 0 Å². The van der Waals surface area contributed by atoms with E-state index in [1.165, 1.54) is 19.2 Å². The Balaban J connectivity index is 3.24. The van der Waals surface area contributed by atoms with Gasteiger partial charge >= 0.3 is 5.97 Å². The van der Waals surface area contributed by atoms with Crippen LogP contribution >= 0.6 is 11.6 Å². The highest BCUT2D eigenvalue weighted by Gasteiger charge is 2.18. The average molecular weight is 362 g/mol. The molecule has 0 heterocycles.